The largest absolute Gasteiger partial charge is 0.494 e. The number of ether oxygens (including phenoxy) is 1. The minimum Gasteiger partial charge on any atom is -0.494 e. The summed E-state index contributed by atoms with van der Waals surface area (Å²) in [5.74, 6) is -0.0801. The van der Waals surface area contributed by atoms with E-state index in [9.17, 15) is 4.79 Å². The third kappa shape index (κ3) is 3.06. The van der Waals surface area contributed by atoms with E-state index in [0.29, 0.717) is 32.7 Å². The van der Waals surface area contributed by atoms with Gasteiger partial charge in [-0.15, -0.1) is 0 Å². The molecule has 1 amide bonds. The molecule has 2 rings (SSSR count). The first-order valence-electron chi connectivity index (χ1n) is 6.14. The number of carbonyl (C=O) groups excluding carboxylic acids is 1. The van der Waals surface area contributed by atoms with Crippen LogP contribution in [0.2, 0.25) is 10.0 Å². The van der Waals surface area contributed by atoms with Crippen LogP contribution < -0.4 is 15.8 Å². The van der Waals surface area contributed by atoms with Gasteiger partial charge in [0.25, 0.3) is 5.91 Å². The number of nitrogens with two attached hydrogens (primary N) is 1. The second-order valence-corrected chi connectivity index (χ2v) is 5.22. The number of nitrogens with one attached hydrogen (secondary N) is 1. The highest BCUT2D eigenvalue weighted by Crippen LogP contribution is 2.34. The van der Waals surface area contributed by atoms with Crippen molar-refractivity contribution in [2.45, 2.75) is 6.92 Å². The zero-order valence-electron chi connectivity index (χ0n) is 11.5. The Morgan fingerprint density at radius 2 is 1.95 bits per heavy atom. The van der Waals surface area contributed by atoms with Gasteiger partial charge in [-0.2, -0.15) is 0 Å². The summed E-state index contributed by atoms with van der Waals surface area (Å²) in [6.45, 7) is 1.83. The fourth-order valence-corrected chi connectivity index (χ4v) is 2.38. The van der Waals surface area contributed by atoms with Crippen LogP contribution in [0.25, 0.3) is 0 Å². The fraction of sp³-hybridized carbons (Fsp3) is 0.133. The summed E-state index contributed by atoms with van der Waals surface area (Å²) in [6.07, 6.45) is 0. The maximum Gasteiger partial charge on any atom is 0.259 e. The molecule has 0 spiro atoms. The van der Waals surface area contributed by atoms with Crippen LogP contribution in [0.4, 0.5) is 11.4 Å². The molecule has 0 heterocycles. The summed E-state index contributed by atoms with van der Waals surface area (Å²) in [5.41, 5.74) is 7.67. The van der Waals surface area contributed by atoms with Gasteiger partial charge in [-0.1, -0.05) is 35.3 Å². The maximum atomic E-state index is 12.4. The van der Waals surface area contributed by atoms with Crippen LogP contribution in [0.15, 0.2) is 30.3 Å². The van der Waals surface area contributed by atoms with Gasteiger partial charge >= 0.3 is 0 Å². The van der Waals surface area contributed by atoms with Gasteiger partial charge in [0, 0.05) is 0 Å². The highest BCUT2D eigenvalue weighted by molar-refractivity contribution is 6.40. The van der Waals surface area contributed by atoms with Crippen molar-refractivity contribution in [1.82, 2.24) is 0 Å². The van der Waals surface area contributed by atoms with Gasteiger partial charge in [0.15, 0.2) is 5.75 Å². The predicted molar refractivity (Wildman–Crippen MR) is 86.6 cm³/mol. The standard InChI is InChI=1S/C15H14Cl2N2O2/c1-8-6-7-10(16)13(12(8)17)19-15(20)9-4-3-5-11(18)14(9)21-2/h3-7H,18H2,1-2H3,(H,19,20). The Bertz CT molecular complexity index is 702. The Balaban J connectivity index is 2.40. The topological polar surface area (TPSA) is 64.3 Å². The van der Waals surface area contributed by atoms with Gasteiger partial charge in [-0.25, -0.2) is 0 Å². The lowest BCUT2D eigenvalue weighted by molar-refractivity contribution is 0.102. The average Bonchev–Trinajstić information content (AvgIpc) is 2.47. The quantitative estimate of drug-likeness (QED) is 0.834. The summed E-state index contributed by atoms with van der Waals surface area (Å²) in [7, 11) is 1.45. The smallest absolute Gasteiger partial charge is 0.259 e. The number of halogens is 2. The monoisotopic (exact) mass is 324 g/mol. The normalized spacial score (nSPS) is 10.3. The lowest BCUT2D eigenvalue weighted by Crippen LogP contribution is -2.14. The van der Waals surface area contributed by atoms with E-state index in [0.717, 1.165) is 5.56 Å². The van der Waals surface area contributed by atoms with E-state index in [4.69, 9.17) is 33.7 Å². The molecule has 4 nitrogen and oxygen atoms in total. The molecule has 0 saturated carbocycles. The Hall–Kier alpha value is -1.91. The van der Waals surface area contributed by atoms with E-state index in [2.05, 4.69) is 5.32 Å². The van der Waals surface area contributed by atoms with Crippen molar-refractivity contribution in [3.05, 3.63) is 51.5 Å². The predicted octanol–water partition coefficient (Wildman–Crippen LogP) is 4.14. The Kier molecular flexibility index (Phi) is 4.60. The van der Waals surface area contributed by atoms with Gasteiger partial charge in [0.05, 0.1) is 34.1 Å². The molecule has 0 fully saturated rings. The van der Waals surface area contributed by atoms with Crippen molar-refractivity contribution >= 4 is 40.5 Å². The van der Waals surface area contributed by atoms with E-state index in [1.807, 2.05) is 6.92 Å². The first-order valence-corrected chi connectivity index (χ1v) is 6.89. The van der Waals surface area contributed by atoms with Crippen LogP contribution >= 0.6 is 23.2 Å². The lowest BCUT2D eigenvalue weighted by atomic mass is 10.1. The van der Waals surface area contributed by atoms with Crippen molar-refractivity contribution < 1.29 is 9.53 Å². The number of anilines is 2. The Labute approximate surface area is 132 Å². The zero-order chi connectivity index (χ0) is 15.6. The number of benzene rings is 2. The van der Waals surface area contributed by atoms with Crippen LogP contribution in [0, 0.1) is 6.92 Å². The molecule has 0 atom stereocenters. The first kappa shape index (κ1) is 15.5. The van der Waals surface area contributed by atoms with Crippen LogP contribution in [0.3, 0.4) is 0 Å². The van der Waals surface area contributed by atoms with Gasteiger partial charge in [-0.05, 0) is 30.7 Å². The van der Waals surface area contributed by atoms with Crippen LogP contribution in [-0.4, -0.2) is 13.0 Å². The highest BCUT2D eigenvalue weighted by Gasteiger charge is 2.17. The molecule has 21 heavy (non-hydrogen) atoms. The van der Waals surface area contributed by atoms with Crippen molar-refractivity contribution in [3.8, 4) is 5.75 Å². The summed E-state index contributed by atoms with van der Waals surface area (Å²) in [4.78, 5) is 12.4. The van der Waals surface area contributed by atoms with Gasteiger partial charge < -0.3 is 15.8 Å². The number of hydrogen-bond acceptors (Lipinski definition) is 3. The zero-order valence-corrected chi connectivity index (χ0v) is 13.0. The molecule has 0 radical (unpaired) electrons. The van der Waals surface area contributed by atoms with E-state index < -0.39 is 5.91 Å². The molecule has 0 aliphatic rings. The van der Waals surface area contributed by atoms with Crippen molar-refractivity contribution in [2.24, 2.45) is 0 Å². The number of carbonyl (C=O) groups is 1. The number of aryl methyl sites for hydroxylation is 1. The molecule has 2 aromatic carbocycles. The second-order valence-electron chi connectivity index (χ2n) is 4.44. The number of nitrogen functional groups attached to an aromatic ring is 1. The molecule has 0 saturated heterocycles. The lowest BCUT2D eigenvalue weighted by Gasteiger charge is -2.14. The Morgan fingerprint density at radius 1 is 1.24 bits per heavy atom. The third-order valence-electron chi connectivity index (χ3n) is 3.02. The number of rotatable bonds is 3. The Morgan fingerprint density at radius 3 is 2.62 bits per heavy atom. The van der Waals surface area contributed by atoms with E-state index >= 15 is 0 Å². The maximum absolute atomic E-state index is 12.4. The minimum atomic E-state index is -0.395. The van der Waals surface area contributed by atoms with Crippen LogP contribution in [0.1, 0.15) is 15.9 Å². The summed E-state index contributed by atoms with van der Waals surface area (Å²) >= 11 is 12.3. The minimum absolute atomic E-state index is 0.311. The first-order chi connectivity index (χ1) is 9.95. The van der Waals surface area contributed by atoms with Crippen LogP contribution in [-0.2, 0) is 0 Å². The highest BCUT2D eigenvalue weighted by atomic mass is 35.5. The van der Waals surface area contributed by atoms with Gasteiger partial charge in [-0.3, -0.25) is 4.79 Å². The molecule has 0 aliphatic heterocycles. The van der Waals surface area contributed by atoms with E-state index in [1.165, 1.54) is 7.11 Å². The molecule has 0 aromatic heterocycles. The summed E-state index contributed by atoms with van der Waals surface area (Å²) in [5, 5.41) is 3.46. The third-order valence-corrected chi connectivity index (χ3v) is 3.82. The molecule has 2 aromatic rings. The molecule has 0 bridgehead atoms. The SMILES string of the molecule is COc1c(N)cccc1C(=O)Nc1c(Cl)ccc(C)c1Cl. The molecule has 3 N–H and O–H groups in total. The molecule has 6 heteroatoms. The average molecular weight is 325 g/mol. The number of amides is 1. The second kappa shape index (κ2) is 6.24. The van der Waals surface area contributed by atoms with E-state index in [1.54, 1.807) is 30.3 Å². The molecular weight excluding hydrogens is 311 g/mol. The van der Waals surface area contributed by atoms with E-state index in [-0.39, 0.29) is 0 Å². The van der Waals surface area contributed by atoms with Crippen LogP contribution in [0.5, 0.6) is 5.75 Å². The van der Waals surface area contributed by atoms with Crippen molar-refractivity contribution in [2.75, 3.05) is 18.2 Å². The molecule has 0 aliphatic carbocycles. The fourth-order valence-electron chi connectivity index (χ4n) is 1.91. The van der Waals surface area contributed by atoms with Gasteiger partial charge in [0.2, 0.25) is 0 Å². The van der Waals surface area contributed by atoms with Gasteiger partial charge in [0.1, 0.15) is 0 Å². The summed E-state index contributed by atoms with van der Waals surface area (Å²) < 4.78 is 5.17. The molecule has 110 valence electrons. The number of hydrogen-bond donors (Lipinski definition) is 2. The molecule has 0 unspecified atom stereocenters. The van der Waals surface area contributed by atoms with Crippen molar-refractivity contribution in [3.63, 3.8) is 0 Å². The number of para-hydroxylation sites is 1. The summed E-state index contributed by atoms with van der Waals surface area (Å²) in [6, 6.07) is 8.40. The molecular formula is C15H14Cl2N2O2. The number of methoxy groups -OCH3 is 1. The van der Waals surface area contributed by atoms with Crippen molar-refractivity contribution in [1.29, 1.82) is 0 Å².